The van der Waals surface area contributed by atoms with Crippen LogP contribution in [0.1, 0.15) is 11.1 Å². The molecule has 0 aliphatic rings. The number of hydrogen-bond donors (Lipinski definition) is 0. The molecule has 0 aliphatic carbocycles. The summed E-state index contributed by atoms with van der Waals surface area (Å²) in [5, 5.41) is 0. The van der Waals surface area contributed by atoms with E-state index in [1.54, 1.807) is 0 Å². The highest BCUT2D eigenvalue weighted by atomic mass is 127. The summed E-state index contributed by atoms with van der Waals surface area (Å²) < 4.78 is 76.4. The van der Waals surface area contributed by atoms with E-state index >= 15 is 0 Å². The zero-order valence-electron chi connectivity index (χ0n) is 10.6. The van der Waals surface area contributed by atoms with E-state index < -0.39 is 44.7 Å². The van der Waals surface area contributed by atoms with Crippen molar-refractivity contribution < 1.29 is 60.0 Å². The molecule has 8 heteroatoms. The summed E-state index contributed by atoms with van der Waals surface area (Å²) in [6.45, 7) is 0. The van der Waals surface area contributed by atoms with E-state index in [1.807, 2.05) is 0 Å². The van der Waals surface area contributed by atoms with Crippen molar-refractivity contribution >= 4 is 0 Å². The summed E-state index contributed by atoms with van der Waals surface area (Å²) >= 11 is -1.10. The van der Waals surface area contributed by atoms with Gasteiger partial charge >= 0.3 is 33.6 Å². The van der Waals surface area contributed by atoms with Crippen LogP contribution in [0.2, 0.25) is 0 Å². The van der Waals surface area contributed by atoms with Gasteiger partial charge in [0.1, 0.15) is 0 Å². The molecular weight excluding hydrogens is 444 g/mol. The molecule has 0 heterocycles. The Labute approximate surface area is 139 Å². The largest absolute Gasteiger partial charge is 1.00 e. The number of rotatable bonds is 2. The second-order valence-electron chi connectivity index (χ2n) is 4.11. The Bertz CT molecular complexity index is 580. The van der Waals surface area contributed by atoms with Crippen LogP contribution < -0.4 is 33.6 Å². The Morgan fingerprint density at radius 2 is 1.00 bits per heavy atom. The fourth-order valence-corrected chi connectivity index (χ4v) is 4.05. The van der Waals surface area contributed by atoms with Crippen LogP contribution in [0.3, 0.4) is 0 Å². The van der Waals surface area contributed by atoms with Gasteiger partial charge in [-0.2, -0.15) is 26.3 Å². The smallest absolute Gasteiger partial charge is 0.416 e. The predicted molar refractivity (Wildman–Crippen MR) is 60.3 cm³/mol. The van der Waals surface area contributed by atoms with Crippen LogP contribution in [0.15, 0.2) is 48.5 Å². The predicted octanol–water partition coefficient (Wildman–Crippen LogP) is -1.14. The number of benzene rings is 2. The normalized spacial score (nSPS) is 11.9. The molecule has 0 saturated carbocycles. The minimum atomic E-state index is -4.45. The monoisotopic (exact) mass is 452 g/mol. The second kappa shape index (κ2) is 7.08. The first-order valence-corrected chi connectivity index (χ1v) is 7.81. The van der Waals surface area contributed by atoms with Gasteiger partial charge in [-0.05, 0) is 24.3 Å². The highest BCUT2D eigenvalue weighted by Crippen LogP contribution is 2.29. The summed E-state index contributed by atoms with van der Waals surface area (Å²) in [5.41, 5.74) is -1.57. The summed E-state index contributed by atoms with van der Waals surface area (Å²) in [7, 11) is 0. The van der Waals surface area contributed by atoms with Gasteiger partial charge in [-0.1, -0.05) is 12.1 Å². The molecule has 0 unspecified atom stereocenters. The maximum atomic E-state index is 12.6. The summed E-state index contributed by atoms with van der Waals surface area (Å²) in [6, 6.07) is 9.42. The van der Waals surface area contributed by atoms with Crippen LogP contribution in [0.4, 0.5) is 26.3 Å². The van der Waals surface area contributed by atoms with Gasteiger partial charge in [-0.25, -0.2) is 0 Å². The molecule has 0 aromatic heterocycles. The van der Waals surface area contributed by atoms with Crippen LogP contribution in [-0.2, 0) is 12.4 Å². The Hall–Kier alpha value is -0.960. The lowest BCUT2D eigenvalue weighted by Crippen LogP contribution is -3.61. The first-order chi connectivity index (χ1) is 9.66. The van der Waals surface area contributed by atoms with E-state index in [0.717, 1.165) is 24.3 Å². The van der Waals surface area contributed by atoms with Gasteiger partial charge in [-0.15, -0.1) is 0 Å². The van der Waals surface area contributed by atoms with Gasteiger partial charge in [0.15, 0.2) is 7.14 Å². The van der Waals surface area contributed by atoms with Gasteiger partial charge in [0.25, 0.3) is 0 Å². The lowest BCUT2D eigenvalue weighted by molar-refractivity contribution is -0.597. The lowest BCUT2D eigenvalue weighted by Gasteiger charge is -2.05. The zero-order valence-corrected chi connectivity index (χ0v) is 13.6. The molecule has 2 rings (SSSR count). The molecule has 0 spiro atoms. The average Bonchev–Trinajstić information content (AvgIpc) is 2.37. The molecule has 0 saturated heterocycles. The molecule has 0 radical (unpaired) electrons. The van der Waals surface area contributed by atoms with Gasteiger partial charge in [-0.3, -0.25) is 0 Å². The third kappa shape index (κ3) is 5.05. The molecule has 0 N–H and O–H groups in total. The van der Waals surface area contributed by atoms with Crippen molar-refractivity contribution in [2.45, 2.75) is 12.4 Å². The topological polar surface area (TPSA) is 0 Å². The Morgan fingerprint density at radius 1 is 0.636 bits per heavy atom. The number of hydrogen-bond acceptors (Lipinski definition) is 0. The van der Waals surface area contributed by atoms with Gasteiger partial charge in [0.2, 0.25) is 0 Å². The van der Waals surface area contributed by atoms with Crippen molar-refractivity contribution in [2.24, 2.45) is 0 Å². The second-order valence-corrected chi connectivity index (χ2v) is 7.14. The Kier molecular flexibility index (Phi) is 6.14. The highest BCUT2D eigenvalue weighted by Gasteiger charge is 2.34. The highest BCUT2D eigenvalue weighted by molar-refractivity contribution is 5.19. The maximum Gasteiger partial charge on any atom is 0.416 e. The van der Waals surface area contributed by atoms with E-state index in [1.165, 1.54) is 24.3 Å². The van der Waals surface area contributed by atoms with E-state index in [2.05, 4.69) is 0 Å². The maximum absolute atomic E-state index is 12.6. The molecule has 0 amide bonds. The quantitative estimate of drug-likeness (QED) is 0.399. The number of alkyl halides is 6. The van der Waals surface area contributed by atoms with Gasteiger partial charge in [0.05, 0.1) is 11.1 Å². The van der Waals surface area contributed by atoms with Crippen molar-refractivity contribution in [1.82, 2.24) is 0 Å². The van der Waals surface area contributed by atoms with Crippen LogP contribution in [0, 0.1) is 7.14 Å². The van der Waals surface area contributed by atoms with E-state index in [-0.39, 0.29) is 12.4 Å². The average molecular weight is 453 g/mol. The van der Waals surface area contributed by atoms with E-state index in [0.29, 0.717) is 7.14 Å². The first-order valence-electron chi connectivity index (χ1n) is 5.65. The van der Waals surface area contributed by atoms with Crippen molar-refractivity contribution in [3.05, 3.63) is 66.8 Å². The SMILES string of the molecule is FC(F)(F)c1cccc([I+]c2cccc(C(F)(F)F)c2)c1.[Cl-]. The van der Waals surface area contributed by atoms with Crippen LogP contribution in [-0.4, -0.2) is 0 Å². The lowest BCUT2D eigenvalue weighted by atomic mass is 10.2. The van der Waals surface area contributed by atoms with Crippen LogP contribution in [0.5, 0.6) is 0 Å². The van der Waals surface area contributed by atoms with Crippen LogP contribution in [0.25, 0.3) is 0 Å². The van der Waals surface area contributed by atoms with Crippen molar-refractivity contribution in [2.75, 3.05) is 0 Å². The molecule has 0 aliphatic heterocycles. The fraction of sp³-hybridized carbons (Fsp3) is 0.143. The van der Waals surface area contributed by atoms with Gasteiger partial charge < -0.3 is 12.4 Å². The van der Waals surface area contributed by atoms with Crippen LogP contribution >= 0.6 is 0 Å². The van der Waals surface area contributed by atoms with E-state index in [9.17, 15) is 26.3 Å². The van der Waals surface area contributed by atoms with Crippen molar-refractivity contribution in [3.8, 4) is 0 Å². The van der Waals surface area contributed by atoms with Crippen molar-refractivity contribution in [1.29, 1.82) is 0 Å². The standard InChI is InChI=1S/C14H8F6I.ClH/c15-13(16,17)9-3-1-5-11(7-9)21-12-6-2-4-10(8-12)14(18,19)20;/h1-8H;1H/q+1;/p-1. The molecule has 0 atom stereocenters. The third-order valence-electron chi connectivity index (χ3n) is 2.52. The van der Waals surface area contributed by atoms with Crippen molar-refractivity contribution in [3.63, 3.8) is 0 Å². The number of halogens is 8. The molecule has 120 valence electrons. The molecule has 0 bridgehead atoms. The Morgan fingerprint density at radius 3 is 1.32 bits per heavy atom. The minimum Gasteiger partial charge on any atom is -1.00 e. The molecule has 0 nitrogen and oxygen atoms in total. The molecule has 0 fully saturated rings. The molecule has 22 heavy (non-hydrogen) atoms. The molecule has 2 aromatic carbocycles. The van der Waals surface area contributed by atoms with Gasteiger partial charge in [0, 0.05) is 12.1 Å². The zero-order chi connectivity index (χ0) is 15.7. The van der Waals surface area contributed by atoms with E-state index in [4.69, 9.17) is 0 Å². The molecule has 2 aromatic rings. The fourth-order valence-electron chi connectivity index (χ4n) is 1.57. The Balaban J connectivity index is 0.00000242. The molecular formula is C14H8ClF6I. The third-order valence-corrected chi connectivity index (χ3v) is 5.11. The summed E-state index contributed by atoms with van der Waals surface area (Å²) in [5.74, 6) is 0. The summed E-state index contributed by atoms with van der Waals surface area (Å²) in [6.07, 6.45) is -8.90. The minimum absolute atomic E-state index is 0. The first kappa shape index (κ1) is 19.1. The summed E-state index contributed by atoms with van der Waals surface area (Å²) in [4.78, 5) is 0.